The third-order valence-electron chi connectivity index (χ3n) is 6.59. The molecule has 3 aromatic rings. The Kier molecular flexibility index (Phi) is 6.80. The number of hydrogen-bond acceptors (Lipinski definition) is 3. The van der Waals surface area contributed by atoms with Gasteiger partial charge in [0.15, 0.2) is 5.11 Å². The Morgan fingerprint density at radius 1 is 1.16 bits per heavy atom. The Balaban J connectivity index is 1.66. The molecule has 2 N–H and O–H groups in total. The number of aryl methyl sites for hydroxylation is 2. The van der Waals surface area contributed by atoms with Gasteiger partial charge in [0.05, 0.1) is 24.9 Å². The molecule has 168 valence electrons. The van der Waals surface area contributed by atoms with E-state index in [1.807, 2.05) is 37.3 Å². The van der Waals surface area contributed by atoms with E-state index >= 15 is 0 Å². The second-order valence-electron chi connectivity index (χ2n) is 8.65. The highest BCUT2D eigenvalue weighted by atomic mass is 32.1. The summed E-state index contributed by atoms with van der Waals surface area (Å²) in [7, 11) is 1.65. The van der Waals surface area contributed by atoms with Crippen LogP contribution < -0.4 is 15.6 Å². The summed E-state index contributed by atoms with van der Waals surface area (Å²) in [5, 5.41) is 5.05. The first kappa shape index (κ1) is 22.3. The Bertz CT molecular complexity index is 1180. The van der Waals surface area contributed by atoms with Crippen LogP contribution in [0.4, 0.5) is 5.69 Å². The van der Waals surface area contributed by atoms with Crippen molar-refractivity contribution in [2.24, 2.45) is 0 Å². The van der Waals surface area contributed by atoms with Gasteiger partial charge in [0, 0.05) is 11.6 Å². The monoisotopic (exact) mass is 449 g/mol. The van der Waals surface area contributed by atoms with Gasteiger partial charge in [0.2, 0.25) is 0 Å². The van der Waals surface area contributed by atoms with E-state index in [1.165, 1.54) is 24.8 Å². The van der Waals surface area contributed by atoms with Gasteiger partial charge in [0.25, 0.3) is 5.56 Å². The fourth-order valence-corrected chi connectivity index (χ4v) is 4.89. The number of aromatic nitrogens is 1. The van der Waals surface area contributed by atoms with Gasteiger partial charge >= 0.3 is 0 Å². The topological polar surface area (TPSA) is 57.4 Å². The largest absolute Gasteiger partial charge is 0.495 e. The number of para-hydroxylation sites is 2. The number of H-pyrrole nitrogens is 1. The number of fused-ring (bicyclic) bond motifs is 1. The number of thiocarbonyl (C=S) groups is 1. The van der Waals surface area contributed by atoms with E-state index in [0.717, 1.165) is 46.3 Å². The molecule has 32 heavy (non-hydrogen) atoms. The van der Waals surface area contributed by atoms with Gasteiger partial charge in [-0.2, -0.15) is 0 Å². The van der Waals surface area contributed by atoms with Crippen molar-refractivity contribution in [3.05, 3.63) is 69.5 Å². The van der Waals surface area contributed by atoms with Crippen LogP contribution in [0, 0.1) is 13.8 Å². The zero-order valence-electron chi connectivity index (χ0n) is 19.0. The Morgan fingerprint density at radius 2 is 1.91 bits per heavy atom. The molecule has 0 atom stereocenters. The number of rotatable bonds is 5. The number of hydrogen-bond donors (Lipinski definition) is 2. The number of nitrogens with one attached hydrogen (secondary N) is 2. The summed E-state index contributed by atoms with van der Waals surface area (Å²) in [6, 6.07) is 14.3. The van der Waals surface area contributed by atoms with Crippen LogP contribution in [0.3, 0.4) is 0 Å². The first-order chi connectivity index (χ1) is 15.5. The van der Waals surface area contributed by atoms with Crippen LogP contribution >= 0.6 is 12.2 Å². The van der Waals surface area contributed by atoms with Crippen LogP contribution in [-0.4, -0.2) is 28.1 Å². The van der Waals surface area contributed by atoms with Crippen molar-refractivity contribution >= 4 is 33.9 Å². The molecule has 0 radical (unpaired) electrons. The van der Waals surface area contributed by atoms with E-state index in [2.05, 4.69) is 34.3 Å². The van der Waals surface area contributed by atoms with E-state index in [0.29, 0.717) is 17.7 Å². The van der Waals surface area contributed by atoms with Gasteiger partial charge in [0.1, 0.15) is 5.75 Å². The average Bonchev–Trinajstić information content (AvgIpc) is 2.81. The maximum atomic E-state index is 13.0. The third-order valence-corrected chi connectivity index (χ3v) is 6.93. The van der Waals surface area contributed by atoms with E-state index in [4.69, 9.17) is 17.0 Å². The highest BCUT2D eigenvalue weighted by Gasteiger charge is 2.25. The molecule has 1 aliphatic rings. The lowest BCUT2D eigenvalue weighted by Crippen LogP contribution is -2.44. The van der Waals surface area contributed by atoms with Crippen molar-refractivity contribution in [2.45, 2.75) is 58.5 Å². The lowest BCUT2D eigenvalue weighted by molar-refractivity contribution is 0.240. The summed E-state index contributed by atoms with van der Waals surface area (Å²) < 4.78 is 5.48. The molecule has 0 aliphatic heterocycles. The molecular weight excluding hydrogens is 418 g/mol. The number of nitrogens with zero attached hydrogens (tertiary/aromatic N) is 1. The van der Waals surface area contributed by atoms with E-state index < -0.39 is 0 Å². The second kappa shape index (κ2) is 9.74. The number of aromatic amines is 1. The van der Waals surface area contributed by atoms with Crippen molar-refractivity contribution in [3.63, 3.8) is 0 Å². The second-order valence-corrected chi connectivity index (χ2v) is 9.03. The number of pyridine rings is 1. The zero-order chi connectivity index (χ0) is 22.7. The van der Waals surface area contributed by atoms with Gasteiger partial charge in [-0.3, -0.25) is 4.79 Å². The van der Waals surface area contributed by atoms with Gasteiger partial charge in [-0.25, -0.2) is 0 Å². The molecule has 4 rings (SSSR count). The summed E-state index contributed by atoms with van der Waals surface area (Å²) >= 11 is 5.87. The van der Waals surface area contributed by atoms with Crippen molar-refractivity contribution in [2.75, 3.05) is 12.4 Å². The lowest BCUT2D eigenvalue weighted by atomic mass is 9.94. The molecule has 0 spiro atoms. The number of benzene rings is 2. The van der Waals surface area contributed by atoms with E-state index in [1.54, 1.807) is 7.11 Å². The zero-order valence-corrected chi connectivity index (χ0v) is 19.8. The standard InChI is InChI=1S/C26H31N3O2S/c1-17-13-14-19-15-20(25(30)28-24(19)18(17)2)16-29(21-9-5-4-6-10-21)26(32)27-22-11-7-8-12-23(22)31-3/h7-8,11-15,21H,4-6,9-10,16H2,1-3H3,(H,27,32)(H,28,30). The van der Waals surface area contributed by atoms with Crippen LogP contribution in [0.2, 0.25) is 0 Å². The van der Waals surface area contributed by atoms with Crippen LogP contribution in [0.1, 0.15) is 48.8 Å². The van der Waals surface area contributed by atoms with Crippen molar-refractivity contribution in [1.82, 2.24) is 9.88 Å². The summed E-state index contributed by atoms with van der Waals surface area (Å²) in [5.41, 5.74) is 4.72. The number of ether oxygens (including phenoxy) is 1. The Hall–Kier alpha value is -2.86. The minimum absolute atomic E-state index is 0.0490. The highest BCUT2D eigenvalue weighted by molar-refractivity contribution is 7.80. The van der Waals surface area contributed by atoms with Gasteiger partial charge in [-0.15, -0.1) is 0 Å². The molecule has 0 bridgehead atoms. The summed E-state index contributed by atoms with van der Waals surface area (Å²) in [4.78, 5) is 18.3. The number of anilines is 1. The first-order valence-electron chi connectivity index (χ1n) is 11.3. The molecule has 0 amide bonds. The predicted octanol–water partition coefficient (Wildman–Crippen LogP) is 5.69. The molecule has 1 fully saturated rings. The molecular formula is C26H31N3O2S. The highest BCUT2D eigenvalue weighted by Crippen LogP contribution is 2.28. The molecule has 0 unspecified atom stereocenters. The van der Waals surface area contributed by atoms with Gasteiger partial charge in [-0.1, -0.05) is 43.5 Å². The molecule has 1 aliphatic carbocycles. The molecule has 6 heteroatoms. The lowest BCUT2D eigenvalue weighted by Gasteiger charge is -2.36. The molecule has 0 saturated heterocycles. The molecule has 1 heterocycles. The number of methoxy groups -OCH3 is 1. The molecule has 5 nitrogen and oxygen atoms in total. The minimum atomic E-state index is -0.0490. The normalized spacial score (nSPS) is 14.3. The maximum Gasteiger partial charge on any atom is 0.253 e. The Morgan fingerprint density at radius 3 is 2.66 bits per heavy atom. The third kappa shape index (κ3) is 4.65. The predicted molar refractivity (Wildman–Crippen MR) is 136 cm³/mol. The summed E-state index contributed by atoms with van der Waals surface area (Å²) in [6.45, 7) is 4.59. The van der Waals surface area contributed by atoms with Crippen LogP contribution in [0.25, 0.3) is 10.9 Å². The van der Waals surface area contributed by atoms with Gasteiger partial charge in [-0.05, 0) is 73.6 Å². The van der Waals surface area contributed by atoms with E-state index in [9.17, 15) is 4.79 Å². The van der Waals surface area contributed by atoms with Crippen LogP contribution in [0.15, 0.2) is 47.3 Å². The SMILES string of the molecule is COc1ccccc1NC(=S)N(Cc1cc2ccc(C)c(C)c2[nH]c1=O)C1CCCCC1. The molecule has 2 aromatic carbocycles. The smallest absolute Gasteiger partial charge is 0.253 e. The fraction of sp³-hybridized carbons (Fsp3) is 0.385. The average molecular weight is 450 g/mol. The first-order valence-corrected chi connectivity index (χ1v) is 11.7. The molecule has 1 aromatic heterocycles. The fourth-order valence-electron chi connectivity index (χ4n) is 4.57. The maximum absolute atomic E-state index is 13.0. The van der Waals surface area contributed by atoms with Crippen molar-refractivity contribution < 1.29 is 4.74 Å². The quantitative estimate of drug-likeness (QED) is 0.491. The van der Waals surface area contributed by atoms with Gasteiger partial charge < -0.3 is 19.9 Å². The van der Waals surface area contributed by atoms with Crippen LogP contribution in [-0.2, 0) is 6.54 Å². The summed E-state index contributed by atoms with van der Waals surface area (Å²) in [6.07, 6.45) is 5.79. The minimum Gasteiger partial charge on any atom is -0.495 e. The van der Waals surface area contributed by atoms with Crippen molar-refractivity contribution in [3.8, 4) is 5.75 Å². The van der Waals surface area contributed by atoms with Crippen molar-refractivity contribution in [1.29, 1.82) is 0 Å². The molecule has 1 saturated carbocycles. The Labute approximate surface area is 194 Å². The van der Waals surface area contributed by atoms with E-state index in [-0.39, 0.29) is 5.56 Å². The summed E-state index contributed by atoms with van der Waals surface area (Å²) in [5.74, 6) is 0.743. The van der Waals surface area contributed by atoms with Crippen LogP contribution in [0.5, 0.6) is 5.75 Å².